The molecular weight excluding hydrogens is 236 g/mol. The van der Waals surface area contributed by atoms with Crippen LogP contribution in [-0.2, 0) is 13.1 Å². The van der Waals surface area contributed by atoms with Crippen molar-refractivity contribution in [2.45, 2.75) is 20.0 Å². The smallest absolute Gasteiger partial charge is 0.269 e. The van der Waals surface area contributed by atoms with E-state index in [1.807, 2.05) is 6.07 Å². The molecule has 0 aliphatic carbocycles. The van der Waals surface area contributed by atoms with Crippen LogP contribution in [0.3, 0.4) is 0 Å². The van der Waals surface area contributed by atoms with E-state index >= 15 is 0 Å². The Hall–Kier alpha value is -2.28. The summed E-state index contributed by atoms with van der Waals surface area (Å²) >= 11 is 0. The van der Waals surface area contributed by atoms with E-state index in [4.69, 9.17) is 4.52 Å². The number of nitro groups is 1. The van der Waals surface area contributed by atoms with Crippen molar-refractivity contribution in [1.29, 1.82) is 0 Å². The van der Waals surface area contributed by atoms with Crippen LogP contribution in [0.25, 0.3) is 0 Å². The van der Waals surface area contributed by atoms with Crippen LogP contribution in [0.1, 0.15) is 17.3 Å². The highest BCUT2D eigenvalue weighted by atomic mass is 16.6. The summed E-state index contributed by atoms with van der Waals surface area (Å²) in [6.45, 7) is 2.69. The van der Waals surface area contributed by atoms with E-state index in [0.717, 1.165) is 5.56 Å². The Morgan fingerprint density at radius 3 is 2.94 bits per heavy atom. The van der Waals surface area contributed by atoms with Gasteiger partial charge in [0.1, 0.15) is 0 Å². The zero-order valence-corrected chi connectivity index (χ0v) is 9.79. The molecule has 1 N–H and O–H groups in total. The molecule has 7 heteroatoms. The van der Waals surface area contributed by atoms with E-state index in [9.17, 15) is 10.1 Å². The molecule has 1 aromatic carbocycles. The molecule has 0 saturated carbocycles. The van der Waals surface area contributed by atoms with Gasteiger partial charge in [-0.3, -0.25) is 10.1 Å². The second-order valence-corrected chi connectivity index (χ2v) is 3.76. The lowest BCUT2D eigenvalue weighted by Gasteiger charge is -2.01. The van der Waals surface area contributed by atoms with E-state index < -0.39 is 4.92 Å². The number of nitrogens with zero attached hydrogens (tertiary/aromatic N) is 3. The Morgan fingerprint density at radius 2 is 2.28 bits per heavy atom. The minimum atomic E-state index is -0.411. The van der Waals surface area contributed by atoms with E-state index in [0.29, 0.717) is 24.8 Å². The molecule has 0 unspecified atom stereocenters. The molecule has 2 rings (SSSR count). The molecule has 7 nitrogen and oxygen atoms in total. The molecule has 18 heavy (non-hydrogen) atoms. The quantitative estimate of drug-likeness (QED) is 0.637. The second-order valence-electron chi connectivity index (χ2n) is 3.76. The number of aryl methyl sites for hydroxylation is 1. The third kappa shape index (κ3) is 3.11. The van der Waals surface area contributed by atoms with Gasteiger partial charge in [-0.05, 0) is 5.56 Å². The van der Waals surface area contributed by atoms with E-state index in [-0.39, 0.29) is 5.69 Å². The summed E-state index contributed by atoms with van der Waals surface area (Å²) in [5.74, 6) is 1.08. The summed E-state index contributed by atoms with van der Waals surface area (Å²) in [5, 5.41) is 17.4. The number of benzene rings is 1. The Bertz CT molecular complexity index is 553. The maximum atomic E-state index is 10.6. The average molecular weight is 248 g/mol. The molecular formula is C11H12N4O3. The van der Waals surface area contributed by atoms with Gasteiger partial charge in [-0.15, -0.1) is 0 Å². The number of hydrogen-bond donors (Lipinski definition) is 1. The third-order valence-electron chi connectivity index (χ3n) is 2.30. The second kappa shape index (κ2) is 5.37. The lowest BCUT2D eigenvalue weighted by atomic mass is 10.2. The summed E-state index contributed by atoms with van der Waals surface area (Å²) in [6.07, 6.45) is 0. The zero-order chi connectivity index (χ0) is 13.0. The highest BCUT2D eigenvalue weighted by Gasteiger charge is 2.06. The van der Waals surface area contributed by atoms with Gasteiger partial charge in [0, 0.05) is 25.6 Å². The first-order valence-corrected chi connectivity index (χ1v) is 5.38. The van der Waals surface area contributed by atoms with Crippen molar-refractivity contribution in [2.75, 3.05) is 0 Å². The first-order valence-electron chi connectivity index (χ1n) is 5.38. The Morgan fingerprint density at radius 1 is 1.44 bits per heavy atom. The van der Waals surface area contributed by atoms with Crippen molar-refractivity contribution in [2.24, 2.45) is 0 Å². The molecule has 0 atom stereocenters. The third-order valence-corrected chi connectivity index (χ3v) is 2.30. The Balaban J connectivity index is 1.90. The molecule has 0 bridgehead atoms. The van der Waals surface area contributed by atoms with Gasteiger partial charge in [-0.1, -0.05) is 17.3 Å². The maximum Gasteiger partial charge on any atom is 0.269 e. The summed E-state index contributed by atoms with van der Waals surface area (Å²) in [5.41, 5.74) is 0.925. The first kappa shape index (κ1) is 12.2. The van der Waals surface area contributed by atoms with Crippen LogP contribution in [0.15, 0.2) is 28.8 Å². The highest BCUT2D eigenvalue weighted by molar-refractivity contribution is 5.34. The van der Waals surface area contributed by atoms with E-state index in [1.165, 1.54) is 12.1 Å². The predicted octanol–water partition coefficient (Wildman–Crippen LogP) is 1.58. The van der Waals surface area contributed by atoms with Crippen LogP contribution in [-0.4, -0.2) is 15.1 Å². The standard InChI is InChI=1S/C11H12N4O3/c1-8-13-11(14-18-8)7-12-6-9-3-2-4-10(5-9)15(16)17/h2-5,12H,6-7H2,1H3. The van der Waals surface area contributed by atoms with Gasteiger partial charge >= 0.3 is 0 Å². The number of non-ortho nitro benzene ring substituents is 1. The van der Waals surface area contributed by atoms with Crippen LogP contribution < -0.4 is 5.32 Å². The number of aromatic nitrogens is 2. The van der Waals surface area contributed by atoms with Gasteiger partial charge in [0.2, 0.25) is 5.89 Å². The molecule has 0 amide bonds. The molecule has 2 aromatic rings. The van der Waals surface area contributed by atoms with Crippen molar-refractivity contribution in [3.05, 3.63) is 51.7 Å². The largest absolute Gasteiger partial charge is 0.340 e. The molecule has 1 heterocycles. The monoisotopic (exact) mass is 248 g/mol. The Kier molecular flexibility index (Phi) is 3.63. The van der Waals surface area contributed by atoms with Crippen LogP contribution in [0, 0.1) is 17.0 Å². The minimum absolute atomic E-state index is 0.0877. The summed E-state index contributed by atoms with van der Waals surface area (Å²) < 4.78 is 4.83. The van der Waals surface area contributed by atoms with Crippen LogP contribution in [0.5, 0.6) is 0 Å². The number of nitro benzene ring substituents is 1. The SMILES string of the molecule is Cc1nc(CNCc2cccc([N+](=O)[O-])c2)no1. The molecule has 0 fully saturated rings. The molecule has 94 valence electrons. The van der Waals surface area contributed by atoms with Crippen molar-refractivity contribution in [3.63, 3.8) is 0 Å². The van der Waals surface area contributed by atoms with E-state index in [1.54, 1.807) is 13.0 Å². The van der Waals surface area contributed by atoms with Gasteiger partial charge in [0.25, 0.3) is 5.69 Å². The molecule has 0 saturated heterocycles. The molecule has 0 aliphatic heterocycles. The maximum absolute atomic E-state index is 10.6. The van der Waals surface area contributed by atoms with Crippen molar-refractivity contribution in [1.82, 2.24) is 15.5 Å². The molecule has 1 aromatic heterocycles. The zero-order valence-electron chi connectivity index (χ0n) is 9.79. The van der Waals surface area contributed by atoms with Gasteiger partial charge < -0.3 is 9.84 Å². The summed E-state index contributed by atoms with van der Waals surface area (Å²) in [6, 6.07) is 6.48. The molecule has 0 aliphatic rings. The average Bonchev–Trinajstić information content (AvgIpc) is 2.75. The fraction of sp³-hybridized carbons (Fsp3) is 0.273. The topological polar surface area (TPSA) is 94.1 Å². The highest BCUT2D eigenvalue weighted by Crippen LogP contribution is 2.12. The number of rotatable bonds is 5. The van der Waals surface area contributed by atoms with Crippen molar-refractivity contribution >= 4 is 5.69 Å². The lowest BCUT2D eigenvalue weighted by molar-refractivity contribution is -0.384. The Labute approximate surface area is 103 Å². The molecule has 0 radical (unpaired) electrons. The normalized spacial score (nSPS) is 10.5. The fourth-order valence-corrected chi connectivity index (χ4v) is 1.51. The summed E-state index contributed by atoms with van der Waals surface area (Å²) in [7, 11) is 0. The van der Waals surface area contributed by atoms with Gasteiger partial charge in [0.05, 0.1) is 11.5 Å². The number of nitrogens with one attached hydrogen (secondary N) is 1. The van der Waals surface area contributed by atoms with Gasteiger partial charge in [0.15, 0.2) is 5.82 Å². The van der Waals surface area contributed by atoms with E-state index in [2.05, 4.69) is 15.5 Å². The minimum Gasteiger partial charge on any atom is -0.340 e. The fourth-order valence-electron chi connectivity index (χ4n) is 1.51. The van der Waals surface area contributed by atoms with Gasteiger partial charge in [-0.2, -0.15) is 4.98 Å². The van der Waals surface area contributed by atoms with Crippen LogP contribution in [0.4, 0.5) is 5.69 Å². The lowest BCUT2D eigenvalue weighted by Crippen LogP contribution is -2.13. The van der Waals surface area contributed by atoms with Gasteiger partial charge in [-0.25, -0.2) is 0 Å². The summed E-state index contributed by atoms with van der Waals surface area (Å²) in [4.78, 5) is 14.2. The first-order chi connectivity index (χ1) is 8.65. The predicted molar refractivity (Wildman–Crippen MR) is 62.7 cm³/mol. The molecule has 0 spiro atoms. The van der Waals surface area contributed by atoms with Crippen molar-refractivity contribution in [3.8, 4) is 0 Å². The van der Waals surface area contributed by atoms with Crippen LogP contribution >= 0.6 is 0 Å². The number of hydrogen-bond acceptors (Lipinski definition) is 6. The van der Waals surface area contributed by atoms with Crippen molar-refractivity contribution < 1.29 is 9.45 Å². The van der Waals surface area contributed by atoms with Crippen LogP contribution in [0.2, 0.25) is 0 Å².